The molecule has 7 heteroatoms. The molecule has 6 nitrogen and oxygen atoms in total. The summed E-state index contributed by atoms with van der Waals surface area (Å²) in [6.07, 6.45) is 1.92. The highest BCUT2D eigenvalue weighted by atomic mass is 32.2. The van der Waals surface area contributed by atoms with Gasteiger partial charge in [0.05, 0.1) is 12.8 Å². The third-order valence-electron chi connectivity index (χ3n) is 3.69. The van der Waals surface area contributed by atoms with Crippen LogP contribution in [-0.4, -0.2) is 61.2 Å². The highest BCUT2D eigenvalue weighted by Gasteiger charge is 2.22. The lowest BCUT2D eigenvalue weighted by atomic mass is 10.1. The highest BCUT2D eigenvalue weighted by molar-refractivity contribution is 8.00. The van der Waals surface area contributed by atoms with Gasteiger partial charge in [-0.2, -0.15) is 0 Å². The van der Waals surface area contributed by atoms with Crippen LogP contribution in [0, 0.1) is 0 Å². The number of hydrogen-bond acceptors (Lipinski definition) is 5. The number of ether oxygens (including phenoxy) is 1. The Bertz CT molecular complexity index is 545. The van der Waals surface area contributed by atoms with E-state index in [4.69, 9.17) is 4.74 Å². The van der Waals surface area contributed by atoms with Gasteiger partial charge < -0.3 is 19.3 Å². The number of carbonyl (C=O) groups is 2. The van der Waals surface area contributed by atoms with Crippen LogP contribution in [0.3, 0.4) is 0 Å². The van der Waals surface area contributed by atoms with Gasteiger partial charge in [-0.3, -0.25) is 9.59 Å². The molecule has 0 spiro atoms. The van der Waals surface area contributed by atoms with Crippen LogP contribution in [0.15, 0.2) is 18.2 Å². The molecule has 1 heterocycles. The first kappa shape index (κ1) is 17.5. The van der Waals surface area contributed by atoms with Gasteiger partial charge in [-0.25, -0.2) is 0 Å². The van der Waals surface area contributed by atoms with Crippen molar-refractivity contribution in [3.63, 3.8) is 0 Å². The Balaban J connectivity index is 2.04. The number of hydrogen-bond donors (Lipinski definition) is 1. The molecule has 2 rings (SSSR count). The van der Waals surface area contributed by atoms with Crippen LogP contribution >= 0.6 is 11.9 Å². The van der Waals surface area contributed by atoms with Gasteiger partial charge in [-0.15, -0.1) is 0 Å². The summed E-state index contributed by atoms with van der Waals surface area (Å²) in [5, 5.41) is 0. The second-order valence-electron chi connectivity index (χ2n) is 5.30. The van der Waals surface area contributed by atoms with Gasteiger partial charge in [-0.05, 0) is 24.6 Å². The van der Waals surface area contributed by atoms with Crippen molar-refractivity contribution in [1.82, 2.24) is 9.80 Å². The summed E-state index contributed by atoms with van der Waals surface area (Å²) < 4.78 is 8.63. The van der Waals surface area contributed by atoms with Crippen LogP contribution in [-0.2, 0) is 4.79 Å². The number of piperazine rings is 1. The summed E-state index contributed by atoms with van der Waals surface area (Å²) >= 11 is 1.62. The van der Waals surface area contributed by atoms with Crippen LogP contribution in [0.4, 0.5) is 5.69 Å². The standard InChI is InChI=1S/C16H23N3O3S/c1-3-10-23-17-14-5-4-13(11-15(14)22-2)16(21)19-8-6-18(12-20)7-9-19/h4-5,11-12,17H,3,6-10H2,1-2H3. The van der Waals surface area contributed by atoms with E-state index >= 15 is 0 Å². The molecule has 1 N–H and O–H groups in total. The normalized spacial score (nSPS) is 14.5. The van der Waals surface area contributed by atoms with Gasteiger partial charge >= 0.3 is 0 Å². The zero-order valence-corrected chi connectivity index (χ0v) is 14.4. The number of carbonyl (C=O) groups excluding carboxylic acids is 2. The summed E-state index contributed by atoms with van der Waals surface area (Å²) in [7, 11) is 1.60. The molecule has 0 unspecified atom stereocenters. The van der Waals surface area contributed by atoms with Gasteiger partial charge in [0.2, 0.25) is 6.41 Å². The molecule has 1 aromatic carbocycles. The molecule has 1 aromatic rings. The molecular formula is C16H23N3O3S. The molecule has 126 valence electrons. The van der Waals surface area contributed by atoms with Crippen molar-refractivity contribution >= 4 is 30.0 Å². The van der Waals surface area contributed by atoms with Crippen molar-refractivity contribution in [1.29, 1.82) is 0 Å². The molecule has 1 aliphatic heterocycles. The SMILES string of the molecule is CCCSNc1ccc(C(=O)N2CCN(C=O)CC2)cc1OC. The first-order chi connectivity index (χ1) is 11.2. The van der Waals surface area contributed by atoms with E-state index in [9.17, 15) is 9.59 Å². The van der Waals surface area contributed by atoms with Crippen molar-refractivity contribution < 1.29 is 14.3 Å². The Morgan fingerprint density at radius 1 is 1.35 bits per heavy atom. The number of nitrogens with one attached hydrogen (secondary N) is 1. The van der Waals surface area contributed by atoms with E-state index in [1.54, 1.807) is 34.9 Å². The fourth-order valence-corrected chi connectivity index (χ4v) is 2.98. The maximum Gasteiger partial charge on any atom is 0.254 e. The second-order valence-corrected chi connectivity index (χ2v) is 6.20. The number of amides is 2. The van der Waals surface area contributed by atoms with E-state index < -0.39 is 0 Å². The van der Waals surface area contributed by atoms with Crippen LogP contribution < -0.4 is 9.46 Å². The molecule has 1 saturated heterocycles. The van der Waals surface area contributed by atoms with Crippen molar-refractivity contribution in [2.24, 2.45) is 0 Å². The van der Waals surface area contributed by atoms with Gasteiger partial charge in [0.25, 0.3) is 5.91 Å². The van der Waals surface area contributed by atoms with Crippen molar-refractivity contribution in [3.05, 3.63) is 23.8 Å². The fraction of sp³-hybridized carbons (Fsp3) is 0.500. The third kappa shape index (κ3) is 4.54. The van der Waals surface area contributed by atoms with E-state index in [1.165, 1.54) is 0 Å². The quantitative estimate of drug-likeness (QED) is 0.469. The van der Waals surface area contributed by atoms with Crippen LogP contribution in [0.5, 0.6) is 5.75 Å². The monoisotopic (exact) mass is 337 g/mol. The molecule has 0 aliphatic carbocycles. The average Bonchev–Trinajstić information content (AvgIpc) is 2.61. The zero-order valence-electron chi connectivity index (χ0n) is 13.6. The van der Waals surface area contributed by atoms with E-state index in [1.807, 2.05) is 12.1 Å². The summed E-state index contributed by atoms with van der Waals surface area (Å²) in [5.41, 5.74) is 1.47. The molecule has 1 fully saturated rings. The maximum absolute atomic E-state index is 12.6. The minimum Gasteiger partial charge on any atom is -0.495 e. The number of methoxy groups -OCH3 is 1. The second kappa shape index (κ2) is 8.67. The number of anilines is 1. The molecule has 23 heavy (non-hydrogen) atoms. The topological polar surface area (TPSA) is 61.9 Å². The molecule has 0 atom stereocenters. The minimum atomic E-state index is -0.0263. The first-order valence-electron chi connectivity index (χ1n) is 7.74. The van der Waals surface area contributed by atoms with E-state index in [0.29, 0.717) is 37.5 Å². The Kier molecular flexibility index (Phi) is 6.58. The smallest absolute Gasteiger partial charge is 0.254 e. The highest BCUT2D eigenvalue weighted by Crippen LogP contribution is 2.28. The molecule has 0 radical (unpaired) electrons. The number of rotatable bonds is 7. The molecular weight excluding hydrogens is 314 g/mol. The summed E-state index contributed by atoms with van der Waals surface area (Å²) in [6, 6.07) is 5.45. The number of benzene rings is 1. The summed E-state index contributed by atoms with van der Waals surface area (Å²) in [4.78, 5) is 26.8. The van der Waals surface area contributed by atoms with E-state index in [0.717, 1.165) is 24.3 Å². The number of nitrogens with zero attached hydrogens (tertiary/aromatic N) is 2. The molecule has 0 aromatic heterocycles. The lowest BCUT2D eigenvalue weighted by molar-refractivity contribution is -0.119. The fourth-order valence-electron chi connectivity index (χ4n) is 2.35. The Morgan fingerprint density at radius 2 is 2.09 bits per heavy atom. The lowest BCUT2D eigenvalue weighted by Crippen LogP contribution is -2.48. The third-order valence-corrected chi connectivity index (χ3v) is 4.66. The predicted octanol–water partition coefficient (Wildman–Crippen LogP) is 2.08. The van der Waals surface area contributed by atoms with Gasteiger partial charge in [0.15, 0.2) is 0 Å². The van der Waals surface area contributed by atoms with Crippen molar-refractivity contribution in [2.75, 3.05) is 43.8 Å². The molecule has 0 saturated carbocycles. The minimum absolute atomic E-state index is 0.0263. The average molecular weight is 337 g/mol. The largest absolute Gasteiger partial charge is 0.495 e. The first-order valence-corrected chi connectivity index (χ1v) is 8.72. The zero-order chi connectivity index (χ0) is 16.7. The van der Waals surface area contributed by atoms with Crippen LogP contribution in [0.1, 0.15) is 23.7 Å². The summed E-state index contributed by atoms with van der Waals surface area (Å²) in [5.74, 6) is 1.64. The van der Waals surface area contributed by atoms with Gasteiger partial charge in [0.1, 0.15) is 5.75 Å². The van der Waals surface area contributed by atoms with Crippen LogP contribution in [0.2, 0.25) is 0 Å². The van der Waals surface area contributed by atoms with Crippen molar-refractivity contribution in [2.45, 2.75) is 13.3 Å². The predicted molar refractivity (Wildman–Crippen MR) is 92.9 cm³/mol. The Hall–Kier alpha value is -1.89. The van der Waals surface area contributed by atoms with E-state index in [-0.39, 0.29) is 5.91 Å². The molecule has 0 bridgehead atoms. The molecule has 1 aliphatic rings. The van der Waals surface area contributed by atoms with Crippen molar-refractivity contribution in [3.8, 4) is 5.75 Å². The maximum atomic E-state index is 12.6. The molecule has 2 amide bonds. The summed E-state index contributed by atoms with van der Waals surface area (Å²) in [6.45, 7) is 4.41. The van der Waals surface area contributed by atoms with E-state index in [2.05, 4.69) is 11.6 Å². The van der Waals surface area contributed by atoms with Crippen LogP contribution in [0.25, 0.3) is 0 Å². The Labute approximate surface area is 141 Å². The Morgan fingerprint density at radius 3 is 2.70 bits per heavy atom. The van der Waals surface area contributed by atoms with Gasteiger partial charge in [0, 0.05) is 37.5 Å². The lowest BCUT2D eigenvalue weighted by Gasteiger charge is -2.32. The van der Waals surface area contributed by atoms with Gasteiger partial charge in [-0.1, -0.05) is 18.9 Å².